The topological polar surface area (TPSA) is 82.9 Å². The number of rotatable bonds is 7. The van der Waals surface area contributed by atoms with Gasteiger partial charge in [0.15, 0.2) is 0 Å². The maximum absolute atomic E-state index is 14.4. The van der Waals surface area contributed by atoms with Crippen molar-refractivity contribution in [3.63, 3.8) is 0 Å². The fourth-order valence-corrected chi connectivity index (χ4v) is 7.39. The molecule has 4 aromatic rings. The standard InChI is InChI=1S/C36H38ClN3O4S/c1-36(2,3)44-35(42)39(4)27-14-16-28(17-15-27)40(34(41)33-32(37)29-11-6-7-12-31(29)45-33)22-26-20-25(13-18-30(26)43-5)24-10-8-9-23(19-24)21-38/h6-13,18-20,27-28H,14-17,22H2,1-5H3. The summed E-state index contributed by atoms with van der Waals surface area (Å²) in [6.07, 6.45) is 2.58. The van der Waals surface area contributed by atoms with Crippen LogP contribution in [0.25, 0.3) is 21.2 Å². The summed E-state index contributed by atoms with van der Waals surface area (Å²) in [6.45, 7) is 5.90. The lowest BCUT2D eigenvalue weighted by Crippen LogP contribution is -2.47. The van der Waals surface area contributed by atoms with Crippen molar-refractivity contribution in [3.8, 4) is 22.9 Å². The molecule has 1 aliphatic rings. The van der Waals surface area contributed by atoms with Gasteiger partial charge < -0.3 is 19.3 Å². The molecule has 234 valence electrons. The summed E-state index contributed by atoms with van der Waals surface area (Å²) in [6, 6.07) is 23.3. The summed E-state index contributed by atoms with van der Waals surface area (Å²) in [5, 5.41) is 10.8. The molecule has 5 rings (SSSR count). The number of amides is 2. The van der Waals surface area contributed by atoms with E-state index in [2.05, 4.69) is 6.07 Å². The second-order valence-electron chi connectivity index (χ2n) is 12.4. The van der Waals surface area contributed by atoms with Gasteiger partial charge in [-0.1, -0.05) is 48.0 Å². The van der Waals surface area contributed by atoms with Gasteiger partial charge >= 0.3 is 6.09 Å². The summed E-state index contributed by atoms with van der Waals surface area (Å²) in [5.74, 6) is 0.554. The largest absolute Gasteiger partial charge is 0.496 e. The molecule has 45 heavy (non-hydrogen) atoms. The van der Waals surface area contributed by atoms with E-state index < -0.39 is 5.60 Å². The number of carbonyl (C=O) groups is 2. The van der Waals surface area contributed by atoms with Gasteiger partial charge in [0.2, 0.25) is 0 Å². The van der Waals surface area contributed by atoms with Gasteiger partial charge in [0, 0.05) is 41.3 Å². The van der Waals surface area contributed by atoms with Gasteiger partial charge in [0.1, 0.15) is 16.2 Å². The second-order valence-corrected chi connectivity index (χ2v) is 13.9. The summed E-state index contributed by atoms with van der Waals surface area (Å²) in [7, 11) is 3.41. The van der Waals surface area contributed by atoms with Crippen LogP contribution in [0.2, 0.25) is 5.02 Å². The van der Waals surface area contributed by atoms with E-state index in [1.807, 2.05) is 86.3 Å². The zero-order valence-electron chi connectivity index (χ0n) is 26.3. The Balaban J connectivity index is 1.47. The van der Waals surface area contributed by atoms with Crippen LogP contribution >= 0.6 is 22.9 Å². The Bertz CT molecular complexity index is 1750. The molecule has 1 aliphatic carbocycles. The first-order valence-corrected chi connectivity index (χ1v) is 16.3. The zero-order valence-corrected chi connectivity index (χ0v) is 27.9. The SMILES string of the molecule is COc1ccc(-c2cccc(C#N)c2)cc1CN(C(=O)c1sc2ccccc2c1Cl)C1CCC(N(C)C(=O)OC(C)(C)C)CC1. The Morgan fingerprint density at radius 2 is 1.67 bits per heavy atom. The third-order valence-electron chi connectivity index (χ3n) is 8.27. The molecule has 1 fully saturated rings. The van der Waals surface area contributed by atoms with Crippen molar-refractivity contribution in [2.45, 2.75) is 70.7 Å². The number of nitrogens with zero attached hydrogens (tertiary/aromatic N) is 3. The third kappa shape index (κ3) is 7.27. The van der Waals surface area contributed by atoms with E-state index in [-0.39, 0.29) is 24.1 Å². The number of carbonyl (C=O) groups excluding carboxylic acids is 2. The molecule has 0 bridgehead atoms. The molecule has 0 aliphatic heterocycles. The lowest BCUT2D eigenvalue weighted by molar-refractivity contribution is 0.0144. The van der Waals surface area contributed by atoms with E-state index in [0.717, 1.165) is 52.5 Å². The van der Waals surface area contributed by atoms with E-state index in [0.29, 0.717) is 27.8 Å². The Labute approximate surface area is 273 Å². The second kappa shape index (κ2) is 13.5. The molecule has 0 atom stereocenters. The van der Waals surface area contributed by atoms with Crippen molar-refractivity contribution in [3.05, 3.63) is 87.8 Å². The van der Waals surface area contributed by atoms with Crippen LogP contribution in [0, 0.1) is 11.3 Å². The Kier molecular flexibility index (Phi) is 9.71. The fraction of sp³-hybridized carbons (Fsp3) is 0.361. The van der Waals surface area contributed by atoms with Gasteiger partial charge in [0.05, 0.1) is 23.8 Å². The van der Waals surface area contributed by atoms with Crippen LogP contribution in [0.1, 0.15) is 67.3 Å². The van der Waals surface area contributed by atoms with Crippen molar-refractivity contribution in [2.24, 2.45) is 0 Å². The minimum Gasteiger partial charge on any atom is -0.496 e. The number of fused-ring (bicyclic) bond motifs is 1. The van der Waals surface area contributed by atoms with Crippen LogP contribution in [0.3, 0.4) is 0 Å². The van der Waals surface area contributed by atoms with Crippen LogP contribution in [0.4, 0.5) is 4.79 Å². The highest BCUT2D eigenvalue weighted by molar-refractivity contribution is 7.21. The van der Waals surface area contributed by atoms with Gasteiger partial charge in [-0.25, -0.2) is 4.79 Å². The average Bonchev–Trinajstić information content (AvgIpc) is 3.38. The molecular formula is C36H38ClN3O4S. The summed E-state index contributed by atoms with van der Waals surface area (Å²) in [5.41, 5.74) is 2.70. The molecule has 1 aromatic heterocycles. The first-order chi connectivity index (χ1) is 21.5. The minimum atomic E-state index is -0.571. The van der Waals surface area contributed by atoms with Crippen molar-refractivity contribution < 1.29 is 19.1 Å². The highest BCUT2D eigenvalue weighted by atomic mass is 35.5. The van der Waals surface area contributed by atoms with Crippen molar-refractivity contribution in [2.75, 3.05) is 14.2 Å². The lowest BCUT2D eigenvalue weighted by Gasteiger charge is -2.40. The number of halogens is 1. The first-order valence-electron chi connectivity index (χ1n) is 15.1. The van der Waals surface area contributed by atoms with Gasteiger partial charge in [0.25, 0.3) is 5.91 Å². The molecule has 9 heteroatoms. The average molecular weight is 644 g/mol. The molecule has 1 saturated carbocycles. The van der Waals surface area contributed by atoms with Gasteiger partial charge in [-0.05, 0) is 87.9 Å². The van der Waals surface area contributed by atoms with Gasteiger partial charge in [-0.3, -0.25) is 4.79 Å². The predicted molar refractivity (Wildman–Crippen MR) is 180 cm³/mol. The van der Waals surface area contributed by atoms with Crippen LogP contribution in [0.15, 0.2) is 66.7 Å². The molecule has 7 nitrogen and oxygen atoms in total. The molecule has 1 heterocycles. The van der Waals surface area contributed by atoms with Crippen molar-refractivity contribution >= 4 is 45.0 Å². The van der Waals surface area contributed by atoms with E-state index in [1.165, 1.54) is 11.3 Å². The lowest BCUT2D eigenvalue weighted by atomic mass is 9.89. The molecule has 0 unspecified atom stereocenters. The molecule has 0 saturated heterocycles. The van der Waals surface area contributed by atoms with E-state index in [9.17, 15) is 14.9 Å². The maximum Gasteiger partial charge on any atom is 0.410 e. The summed E-state index contributed by atoms with van der Waals surface area (Å²) in [4.78, 5) is 31.4. The summed E-state index contributed by atoms with van der Waals surface area (Å²) >= 11 is 8.25. The monoisotopic (exact) mass is 643 g/mol. The van der Waals surface area contributed by atoms with Crippen molar-refractivity contribution in [1.29, 1.82) is 5.26 Å². The van der Waals surface area contributed by atoms with Crippen molar-refractivity contribution in [1.82, 2.24) is 9.80 Å². The van der Waals surface area contributed by atoms with Crippen LogP contribution in [-0.4, -0.2) is 53.6 Å². The van der Waals surface area contributed by atoms with Gasteiger partial charge in [-0.2, -0.15) is 5.26 Å². The number of benzene rings is 3. The number of thiophene rings is 1. The number of hydrogen-bond donors (Lipinski definition) is 0. The van der Waals surface area contributed by atoms with Crippen LogP contribution in [0.5, 0.6) is 5.75 Å². The number of nitriles is 1. The smallest absolute Gasteiger partial charge is 0.410 e. The van der Waals surface area contributed by atoms with Gasteiger partial charge in [-0.15, -0.1) is 11.3 Å². The quantitative estimate of drug-likeness (QED) is 0.201. The number of methoxy groups -OCH3 is 1. The number of ether oxygens (including phenoxy) is 2. The molecule has 0 spiro atoms. The molecule has 0 radical (unpaired) electrons. The minimum absolute atomic E-state index is 0.0197. The maximum atomic E-state index is 14.4. The van der Waals surface area contributed by atoms with Crippen LogP contribution in [-0.2, 0) is 11.3 Å². The molecular weight excluding hydrogens is 606 g/mol. The van der Waals surface area contributed by atoms with Crippen LogP contribution < -0.4 is 4.74 Å². The Morgan fingerprint density at radius 1 is 0.978 bits per heavy atom. The van der Waals surface area contributed by atoms with E-state index >= 15 is 0 Å². The molecule has 0 N–H and O–H groups in total. The predicted octanol–water partition coefficient (Wildman–Crippen LogP) is 8.92. The fourth-order valence-electron chi connectivity index (χ4n) is 5.92. The normalized spacial score (nSPS) is 16.6. The Hall–Kier alpha value is -4.06. The van der Waals surface area contributed by atoms with E-state index in [4.69, 9.17) is 21.1 Å². The highest BCUT2D eigenvalue weighted by Crippen LogP contribution is 2.39. The highest BCUT2D eigenvalue weighted by Gasteiger charge is 2.35. The first kappa shape index (κ1) is 32.3. The molecule has 3 aromatic carbocycles. The van der Waals surface area contributed by atoms with E-state index in [1.54, 1.807) is 25.1 Å². The number of hydrogen-bond acceptors (Lipinski definition) is 6. The third-order valence-corrected chi connectivity index (χ3v) is 9.94. The summed E-state index contributed by atoms with van der Waals surface area (Å²) < 4.78 is 12.3. The Morgan fingerprint density at radius 3 is 2.33 bits per heavy atom. The zero-order chi connectivity index (χ0) is 32.3. The molecule has 2 amide bonds.